The average molecular weight is 215 g/mol. The van der Waals surface area contributed by atoms with Crippen LogP contribution in [-0.4, -0.2) is 25.0 Å². The molecular formula is C9H21N5O. The topological polar surface area (TPSA) is 106 Å². The van der Waals surface area contributed by atoms with Gasteiger partial charge in [0.25, 0.3) is 0 Å². The molecule has 0 saturated carbocycles. The Hall–Kier alpha value is -1.30. The predicted molar refractivity (Wildman–Crippen MR) is 60.9 cm³/mol. The highest BCUT2D eigenvalue weighted by Gasteiger charge is 1.98. The highest BCUT2D eigenvalue weighted by Crippen LogP contribution is 1.91. The van der Waals surface area contributed by atoms with Crippen LogP contribution in [0, 0.1) is 5.92 Å². The Bertz CT molecular complexity index is 215. The summed E-state index contributed by atoms with van der Waals surface area (Å²) in [5.41, 5.74) is 7.47. The van der Waals surface area contributed by atoms with Gasteiger partial charge < -0.3 is 11.1 Å². The molecule has 0 heterocycles. The van der Waals surface area contributed by atoms with Gasteiger partial charge in [-0.3, -0.25) is 15.2 Å². The van der Waals surface area contributed by atoms with Gasteiger partial charge in [-0.05, 0) is 12.3 Å². The zero-order valence-corrected chi connectivity index (χ0v) is 9.42. The Morgan fingerprint density at radius 2 is 2.13 bits per heavy atom. The molecular weight excluding hydrogens is 194 g/mol. The first-order chi connectivity index (χ1) is 7.06. The lowest BCUT2D eigenvalue weighted by atomic mass is 10.2. The molecule has 0 rings (SSSR count). The van der Waals surface area contributed by atoms with Gasteiger partial charge in [0.15, 0.2) is 0 Å². The molecule has 0 fully saturated rings. The molecule has 0 aliphatic heterocycles. The number of hydrogen-bond acceptors (Lipinski definition) is 3. The van der Waals surface area contributed by atoms with Crippen molar-refractivity contribution in [2.24, 2.45) is 22.5 Å². The molecule has 6 N–H and O–H groups in total. The fourth-order valence-corrected chi connectivity index (χ4v) is 0.896. The summed E-state index contributed by atoms with van der Waals surface area (Å²) in [6.45, 7) is 5.49. The van der Waals surface area contributed by atoms with Crippen molar-refractivity contribution in [3.63, 3.8) is 0 Å². The molecule has 0 aromatic rings. The van der Waals surface area contributed by atoms with Crippen molar-refractivity contribution in [2.75, 3.05) is 13.1 Å². The molecule has 0 unspecified atom stereocenters. The molecule has 0 saturated heterocycles. The van der Waals surface area contributed by atoms with Gasteiger partial charge in [0, 0.05) is 19.5 Å². The smallest absolute Gasteiger partial charge is 0.217 e. The van der Waals surface area contributed by atoms with Crippen LogP contribution in [0.3, 0.4) is 0 Å². The molecule has 6 heteroatoms. The molecule has 0 aromatic heterocycles. The summed E-state index contributed by atoms with van der Waals surface area (Å²) in [5.74, 6) is 6.01. The van der Waals surface area contributed by atoms with E-state index in [9.17, 15) is 4.79 Å². The number of aliphatic imine (C=N–C) groups is 1. The molecule has 0 atom stereocenters. The molecule has 0 aromatic carbocycles. The van der Waals surface area contributed by atoms with Crippen LogP contribution in [0.15, 0.2) is 4.99 Å². The van der Waals surface area contributed by atoms with E-state index < -0.39 is 0 Å². The van der Waals surface area contributed by atoms with E-state index in [0.717, 1.165) is 0 Å². The number of carbonyl (C=O) groups is 1. The largest absolute Gasteiger partial charge is 0.370 e. The molecule has 6 nitrogen and oxygen atoms in total. The minimum Gasteiger partial charge on any atom is -0.370 e. The molecule has 0 aliphatic rings. The van der Waals surface area contributed by atoms with Crippen molar-refractivity contribution >= 4 is 11.9 Å². The van der Waals surface area contributed by atoms with Crippen LogP contribution in [0.5, 0.6) is 0 Å². The molecule has 1 amide bonds. The maximum atomic E-state index is 10.5. The SMILES string of the molecule is CC(C)CN=C(NN)NCCCC(N)=O. The van der Waals surface area contributed by atoms with Crippen LogP contribution >= 0.6 is 0 Å². The fourth-order valence-electron chi connectivity index (χ4n) is 0.896. The molecule has 0 aliphatic carbocycles. The summed E-state index contributed by atoms with van der Waals surface area (Å²) in [6, 6.07) is 0. The minimum atomic E-state index is -0.293. The normalized spacial score (nSPS) is 11.6. The van der Waals surface area contributed by atoms with E-state index in [0.29, 0.717) is 37.8 Å². The third kappa shape index (κ3) is 9.01. The molecule has 0 radical (unpaired) electrons. The lowest BCUT2D eigenvalue weighted by Gasteiger charge is -2.09. The highest BCUT2D eigenvalue weighted by molar-refractivity contribution is 5.79. The second-order valence-electron chi connectivity index (χ2n) is 3.72. The van der Waals surface area contributed by atoms with Gasteiger partial charge in [0.1, 0.15) is 0 Å². The lowest BCUT2D eigenvalue weighted by Crippen LogP contribution is -2.42. The number of amides is 1. The van der Waals surface area contributed by atoms with Gasteiger partial charge >= 0.3 is 0 Å². The van der Waals surface area contributed by atoms with Gasteiger partial charge in [-0.1, -0.05) is 13.8 Å². The van der Waals surface area contributed by atoms with Crippen LogP contribution < -0.4 is 22.3 Å². The van der Waals surface area contributed by atoms with Crippen molar-refractivity contribution in [1.29, 1.82) is 0 Å². The lowest BCUT2D eigenvalue weighted by molar-refractivity contribution is -0.118. The summed E-state index contributed by atoms with van der Waals surface area (Å²) in [4.78, 5) is 14.7. The van der Waals surface area contributed by atoms with Crippen molar-refractivity contribution in [3.8, 4) is 0 Å². The second-order valence-corrected chi connectivity index (χ2v) is 3.72. The van der Waals surface area contributed by atoms with Gasteiger partial charge in [-0.15, -0.1) is 0 Å². The number of nitrogens with two attached hydrogens (primary N) is 2. The van der Waals surface area contributed by atoms with Crippen LogP contribution in [0.2, 0.25) is 0 Å². The summed E-state index contributed by atoms with van der Waals surface area (Å²) in [7, 11) is 0. The Morgan fingerprint density at radius 3 is 2.60 bits per heavy atom. The second kappa shape index (κ2) is 8.05. The van der Waals surface area contributed by atoms with Crippen LogP contribution in [0.4, 0.5) is 0 Å². The summed E-state index contributed by atoms with van der Waals surface area (Å²) in [5, 5.41) is 2.99. The third-order valence-corrected chi connectivity index (χ3v) is 1.64. The average Bonchev–Trinajstić information content (AvgIpc) is 2.16. The van der Waals surface area contributed by atoms with Crippen molar-refractivity contribution in [3.05, 3.63) is 0 Å². The van der Waals surface area contributed by atoms with Crippen molar-refractivity contribution in [1.82, 2.24) is 10.7 Å². The van der Waals surface area contributed by atoms with Crippen LogP contribution in [-0.2, 0) is 4.79 Å². The number of hydrazine groups is 1. The van der Waals surface area contributed by atoms with E-state index >= 15 is 0 Å². The molecule has 88 valence electrons. The Kier molecular flexibility index (Phi) is 7.35. The summed E-state index contributed by atoms with van der Waals surface area (Å²) < 4.78 is 0. The summed E-state index contributed by atoms with van der Waals surface area (Å²) >= 11 is 0. The van der Waals surface area contributed by atoms with Gasteiger partial charge in [0.2, 0.25) is 11.9 Å². The maximum Gasteiger partial charge on any atom is 0.217 e. The van der Waals surface area contributed by atoms with E-state index in [2.05, 4.69) is 29.6 Å². The standard InChI is InChI=1S/C9H21N5O/c1-7(2)6-13-9(14-11)12-5-3-4-8(10)15/h7H,3-6,11H2,1-2H3,(H2,10,15)(H2,12,13,14). The van der Waals surface area contributed by atoms with Crippen molar-refractivity contribution < 1.29 is 4.79 Å². The number of hydrogen-bond donors (Lipinski definition) is 4. The Balaban J connectivity index is 3.70. The quantitative estimate of drug-likeness (QED) is 0.155. The first-order valence-corrected chi connectivity index (χ1v) is 5.09. The Morgan fingerprint density at radius 1 is 1.47 bits per heavy atom. The Labute approximate surface area is 90.5 Å². The first kappa shape index (κ1) is 13.7. The number of guanidine groups is 1. The summed E-state index contributed by atoms with van der Waals surface area (Å²) in [6.07, 6.45) is 1.05. The number of nitrogens with one attached hydrogen (secondary N) is 2. The van der Waals surface area contributed by atoms with Crippen molar-refractivity contribution in [2.45, 2.75) is 26.7 Å². The molecule has 0 bridgehead atoms. The monoisotopic (exact) mass is 215 g/mol. The maximum absolute atomic E-state index is 10.5. The predicted octanol–water partition coefficient (Wildman–Crippen LogP) is -0.683. The van der Waals surface area contributed by atoms with Crippen LogP contribution in [0.25, 0.3) is 0 Å². The third-order valence-electron chi connectivity index (χ3n) is 1.64. The fraction of sp³-hybridized carbons (Fsp3) is 0.778. The molecule has 15 heavy (non-hydrogen) atoms. The first-order valence-electron chi connectivity index (χ1n) is 5.09. The van der Waals surface area contributed by atoms with E-state index in [1.54, 1.807) is 0 Å². The van der Waals surface area contributed by atoms with E-state index in [1.807, 2.05) is 0 Å². The van der Waals surface area contributed by atoms with Gasteiger partial charge in [-0.25, -0.2) is 5.84 Å². The highest BCUT2D eigenvalue weighted by atomic mass is 16.1. The number of rotatable bonds is 6. The number of carbonyl (C=O) groups excluding carboxylic acids is 1. The van der Waals surface area contributed by atoms with E-state index in [4.69, 9.17) is 11.6 Å². The zero-order valence-electron chi connectivity index (χ0n) is 9.42. The van der Waals surface area contributed by atoms with E-state index in [-0.39, 0.29) is 5.91 Å². The van der Waals surface area contributed by atoms with E-state index in [1.165, 1.54) is 0 Å². The van der Waals surface area contributed by atoms with Crippen LogP contribution in [0.1, 0.15) is 26.7 Å². The molecule has 0 spiro atoms. The zero-order chi connectivity index (χ0) is 11.7. The number of primary amides is 1. The number of nitrogens with zero attached hydrogens (tertiary/aromatic N) is 1. The van der Waals surface area contributed by atoms with Gasteiger partial charge in [-0.2, -0.15) is 0 Å². The van der Waals surface area contributed by atoms with Gasteiger partial charge in [0.05, 0.1) is 0 Å². The minimum absolute atomic E-state index is 0.293.